The normalized spacial score (nSPS) is 29.5. The summed E-state index contributed by atoms with van der Waals surface area (Å²) in [6, 6.07) is 0.806. The molecule has 5 heteroatoms. The van der Waals surface area contributed by atoms with Crippen LogP contribution in [-0.4, -0.2) is 71.8 Å². The molecule has 0 aromatic rings. The minimum atomic E-state index is 0.255. The number of likely N-dealkylation sites (tertiary alicyclic amines) is 1. The number of hydrogen-bond acceptors (Lipinski definition) is 3. The first-order valence-electron chi connectivity index (χ1n) is 12.5. The molecule has 5 nitrogen and oxygen atoms in total. The summed E-state index contributed by atoms with van der Waals surface area (Å²) in [5, 5.41) is 0. The van der Waals surface area contributed by atoms with Gasteiger partial charge in [0.15, 0.2) is 0 Å². The van der Waals surface area contributed by atoms with Gasteiger partial charge in [0.25, 0.3) is 0 Å². The Balaban J connectivity index is 1.05. The SMILES string of the molecule is O=C(C1CCCCC1)N1CCC2(CC1)CC(C(=O)N1CCN(C3CCC3)CC1)C2. The first-order valence-corrected chi connectivity index (χ1v) is 12.5. The lowest BCUT2D eigenvalue weighted by Crippen LogP contribution is -2.57. The summed E-state index contributed by atoms with van der Waals surface area (Å²) in [6.07, 6.45) is 14.4. The number of hydrogen-bond donors (Lipinski definition) is 0. The van der Waals surface area contributed by atoms with Crippen LogP contribution in [0.1, 0.15) is 77.0 Å². The number of rotatable bonds is 3. The number of carbonyl (C=O) groups is 2. The molecule has 0 N–H and O–H groups in total. The number of nitrogens with zero attached hydrogens (tertiary/aromatic N) is 3. The summed E-state index contributed by atoms with van der Waals surface area (Å²) >= 11 is 0. The summed E-state index contributed by atoms with van der Waals surface area (Å²) in [7, 11) is 0. The molecule has 0 aromatic carbocycles. The molecule has 2 amide bonds. The molecule has 3 saturated carbocycles. The Morgan fingerprint density at radius 3 is 1.79 bits per heavy atom. The zero-order valence-electron chi connectivity index (χ0n) is 18.1. The lowest BCUT2D eigenvalue weighted by atomic mass is 9.57. The Morgan fingerprint density at radius 2 is 1.21 bits per heavy atom. The van der Waals surface area contributed by atoms with Crippen molar-refractivity contribution in [3.8, 4) is 0 Å². The van der Waals surface area contributed by atoms with Gasteiger partial charge in [0, 0.05) is 57.1 Å². The standard InChI is InChI=1S/C24H39N3O2/c28-22(19-5-2-1-3-6-19)26-11-9-24(10-12-26)17-20(18-24)23(29)27-15-13-25(14-16-27)21-7-4-8-21/h19-21H,1-18H2. The minimum absolute atomic E-state index is 0.255. The Morgan fingerprint density at radius 1 is 0.621 bits per heavy atom. The van der Waals surface area contributed by atoms with Crippen molar-refractivity contribution in [1.29, 1.82) is 0 Å². The average molecular weight is 402 g/mol. The van der Waals surface area contributed by atoms with Gasteiger partial charge >= 0.3 is 0 Å². The molecule has 2 saturated heterocycles. The second-order valence-corrected chi connectivity index (χ2v) is 10.7. The molecule has 1 spiro atoms. The molecule has 0 bridgehead atoms. The third kappa shape index (κ3) is 3.96. The smallest absolute Gasteiger partial charge is 0.225 e. The predicted molar refractivity (Wildman–Crippen MR) is 113 cm³/mol. The van der Waals surface area contributed by atoms with Crippen molar-refractivity contribution in [2.75, 3.05) is 39.3 Å². The van der Waals surface area contributed by atoms with E-state index in [-0.39, 0.29) is 5.92 Å². The molecule has 162 valence electrons. The van der Waals surface area contributed by atoms with E-state index in [2.05, 4.69) is 14.7 Å². The van der Waals surface area contributed by atoms with E-state index in [1.165, 1.54) is 38.5 Å². The Hall–Kier alpha value is -1.10. The highest BCUT2D eigenvalue weighted by atomic mass is 16.2. The third-order valence-corrected chi connectivity index (χ3v) is 9.02. The van der Waals surface area contributed by atoms with E-state index in [9.17, 15) is 9.59 Å². The summed E-state index contributed by atoms with van der Waals surface area (Å²) in [5.41, 5.74) is 0.359. The van der Waals surface area contributed by atoms with Crippen LogP contribution in [0.3, 0.4) is 0 Å². The van der Waals surface area contributed by atoms with Crippen LogP contribution in [0, 0.1) is 17.3 Å². The van der Waals surface area contributed by atoms with Crippen LogP contribution >= 0.6 is 0 Å². The van der Waals surface area contributed by atoms with Gasteiger partial charge in [0.1, 0.15) is 0 Å². The van der Waals surface area contributed by atoms with Crippen molar-refractivity contribution in [3.05, 3.63) is 0 Å². The van der Waals surface area contributed by atoms with Crippen molar-refractivity contribution < 1.29 is 9.59 Å². The monoisotopic (exact) mass is 401 g/mol. The van der Waals surface area contributed by atoms with Crippen molar-refractivity contribution in [3.63, 3.8) is 0 Å². The summed E-state index contributed by atoms with van der Waals surface area (Å²) in [6.45, 7) is 5.87. The molecule has 29 heavy (non-hydrogen) atoms. The number of amides is 2. The van der Waals surface area contributed by atoms with Crippen molar-refractivity contribution in [2.45, 2.75) is 83.1 Å². The highest BCUT2D eigenvalue weighted by Gasteiger charge is 2.50. The van der Waals surface area contributed by atoms with Crippen LogP contribution in [0.25, 0.3) is 0 Å². The van der Waals surface area contributed by atoms with Crippen LogP contribution in [0.2, 0.25) is 0 Å². The second-order valence-electron chi connectivity index (χ2n) is 10.7. The van der Waals surface area contributed by atoms with Gasteiger partial charge in [-0.3, -0.25) is 14.5 Å². The van der Waals surface area contributed by atoms with Gasteiger partial charge in [-0.05, 0) is 56.8 Å². The largest absolute Gasteiger partial charge is 0.342 e. The molecule has 5 fully saturated rings. The maximum absolute atomic E-state index is 13.0. The molecular weight excluding hydrogens is 362 g/mol. The lowest BCUT2D eigenvalue weighted by Gasteiger charge is -2.53. The van der Waals surface area contributed by atoms with Gasteiger partial charge in [-0.1, -0.05) is 25.7 Å². The van der Waals surface area contributed by atoms with E-state index in [1.54, 1.807) is 0 Å². The van der Waals surface area contributed by atoms with Crippen LogP contribution < -0.4 is 0 Å². The Kier molecular flexibility index (Phi) is 5.61. The molecule has 0 unspecified atom stereocenters. The molecular formula is C24H39N3O2. The van der Waals surface area contributed by atoms with Gasteiger partial charge in [0.05, 0.1) is 0 Å². The second kappa shape index (κ2) is 8.20. The van der Waals surface area contributed by atoms with E-state index in [0.717, 1.165) is 83.8 Å². The minimum Gasteiger partial charge on any atom is -0.342 e. The Labute approximate surface area is 176 Å². The summed E-state index contributed by atoms with van der Waals surface area (Å²) in [4.78, 5) is 32.7. The predicted octanol–water partition coefficient (Wildman–Crippen LogP) is 3.28. The van der Waals surface area contributed by atoms with Gasteiger partial charge in [-0.25, -0.2) is 0 Å². The molecule has 2 heterocycles. The van der Waals surface area contributed by atoms with Crippen LogP contribution in [-0.2, 0) is 9.59 Å². The van der Waals surface area contributed by atoms with E-state index in [1.807, 2.05) is 0 Å². The van der Waals surface area contributed by atoms with Crippen molar-refractivity contribution in [2.24, 2.45) is 17.3 Å². The number of carbonyl (C=O) groups excluding carboxylic acids is 2. The number of piperazine rings is 1. The van der Waals surface area contributed by atoms with Crippen LogP contribution in [0.15, 0.2) is 0 Å². The highest BCUT2D eigenvalue weighted by molar-refractivity contribution is 5.80. The van der Waals surface area contributed by atoms with Gasteiger partial charge < -0.3 is 9.80 Å². The summed E-state index contributed by atoms with van der Waals surface area (Å²) in [5.74, 6) is 1.40. The van der Waals surface area contributed by atoms with Gasteiger partial charge in [0.2, 0.25) is 11.8 Å². The first kappa shape index (κ1) is 19.8. The zero-order valence-corrected chi connectivity index (χ0v) is 18.1. The molecule has 0 atom stereocenters. The number of piperidine rings is 1. The highest BCUT2D eigenvalue weighted by Crippen LogP contribution is 2.53. The molecule has 0 radical (unpaired) electrons. The molecule has 2 aliphatic heterocycles. The average Bonchev–Trinajstić information content (AvgIpc) is 2.71. The summed E-state index contributed by atoms with van der Waals surface area (Å²) < 4.78 is 0. The van der Waals surface area contributed by atoms with E-state index < -0.39 is 0 Å². The Bertz CT molecular complexity index is 602. The topological polar surface area (TPSA) is 43.9 Å². The fourth-order valence-corrected chi connectivity index (χ4v) is 6.70. The van der Waals surface area contributed by atoms with E-state index in [4.69, 9.17) is 0 Å². The van der Waals surface area contributed by atoms with Crippen LogP contribution in [0.5, 0.6) is 0 Å². The molecule has 5 rings (SSSR count). The van der Waals surface area contributed by atoms with Crippen molar-refractivity contribution >= 4 is 11.8 Å². The third-order valence-electron chi connectivity index (χ3n) is 9.02. The quantitative estimate of drug-likeness (QED) is 0.729. The lowest BCUT2D eigenvalue weighted by molar-refractivity contribution is -0.151. The first-order chi connectivity index (χ1) is 14.1. The van der Waals surface area contributed by atoms with Gasteiger partial charge in [-0.2, -0.15) is 0 Å². The van der Waals surface area contributed by atoms with Crippen molar-refractivity contribution in [1.82, 2.24) is 14.7 Å². The fraction of sp³-hybridized carbons (Fsp3) is 0.917. The van der Waals surface area contributed by atoms with E-state index >= 15 is 0 Å². The van der Waals surface area contributed by atoms with E-state index in [0.29, 0.717) is 23.1 Å². The van der Waals surface area contributed by atoms with Gasteiger partial charge in [-0.15, -0.1) is 0 Å². The molecule has 5 aliphatic rings. The maximum Gasteiger partial charge on any atom is 0.225 e. The fourth-order valence-electron chi connectivity index (χ4n) is 6.70. The maximum atomic E-state index is 13.0. The molecule has 0 aromatic heterocycles. The molecule has 3 aliphatic carbocycles. The zero-order chi connectivity index (χ0) is 19.8. The van der Waals surface area contributed by atoms with Crippen LogP contribution in [0.4, 0.5) is 0 Å².